The molecule has 0 bridgehead atoms. The van der Waals surface area contributed by atoms with Crippen molar-refractivity contribution in [3.8, 4) is 0 Å². The number of carbonyl (C=O) groups is 1. The molecule has 1 aromatic heterocycles. The monoisotopic (exact) mass is 513 g/mol. The second-order valence-electron chi connectivity index (χ2n) is 7.51. The number of anilines is 1. The first-order chi connectivity index (χ1) is 15.4. The van der Waals surface area contributed by atoms with Crippen molar-refractivity contribution >= 4 is 54.8 Å². The first-order valence-corrected chi connectivity index (χ1v) is 12.8. The Balaban J connectivity index is 0.00000306. The number of rotatable bonds is 8. The van der Waals surface area contributed by atoms with Crippen molar-refractivity contribution < 1.29 is 22.3 Å². The molecule has 33 heavy (non-hydrogen) atoms. The highest BCUT2D eigenvalue weighted by Gasteiger charge is 2.27. The predicted octanol–water partition coefficient (Wildman–Crippen LogP) is 3.39. The lowest BCUT2D eigenvalue weighted by molar-refractivity contribution is -0.116. The number of ether oxygens (including phenoxy) is 1. The van der Waals surface area contributed by atoms with E-state index in [1.54, 1.807) is 30.3 Å². The van der Waals surface area contributed by atoms with Crippen molar-refractivity contribution in [3.05, 3.63) is 54.3 Å². The van der Waals surface area contributed by atoms with Crippen LogP contribution in [0.15, 0.2) is 53.4 Å². The Morgan fingerprint density at radius 3 is 2.55 bits per heavy atom. The third kappa shape index (κ3) is 6.27. The van der Waals surface area contributed by atoms with E-state index in [1.807, 2.05) is 0 Å². The van der Waals surface area contributed by atoms with Gasteiger partial charge in [0.05, 0.1) is 22.8 Å². The highest BCUT2D eigenvalue weighted by molar-refractivity contribution is 7.92. The third-order valence-corrected chi connectivity index (χ3v) is 7.93. The molecule has 3 aromatic rings. The van der Waals surface area contributed by atoms with E-state index in [2.05, 4.69) is 9.88 Å². The molecule has 2 aromatic carbocycles. The fraction of sp³-hybridized carbons (Fsp3) is 0.364. The van der Waals surface area contributed by atoms with Crippen molar-refractivity contribution in [1.29, 1.82) is 0 Å². The predicted molar refractivity (Wildman–Crippen MR) is 130 cm³/mol. The Kier molecular flexibility index (Phi) is 8.77. The average molecular weight is 514 g/mol. The Hall–Kier alpha value is -2.11. The van der Waals surface area contributed by atoms with Crippen LogP contribution >= 0.6 is 23.7 Å². The van der Waals surface area contributed by atoms with Crippen LogP contribution in [0.3, 0.4) is 0 Å². The molecule has 0 spiro atoms. The van der Waals surface area contributed by atoms with Crippen molar-refractivity contribution in [2.75, 3.05) is 50.0 Å². The largest absolute Gasteiger partial charge is 0.379 e. The smallest absolute Gasteiger partial charge is 0.244 e. The Morgan fingerprint density at radius 2 is 1.85 bits per heavy atom. The van der Waals surface area contributed by atoms with Crippen LogP contribution in [-0.2, 0) is 19.4 Å². The Bertz CT molecular complexity index is 1180. The van der Waals surface area contributed by atoms with E-state index in [4.69, 9.17) is 4.74 Å². The van der Waals surface area contributed by atoms with E-state index in [9.17, 15) is 17.6 Å². The summed E-state index contributed by atoms with van der Waals surface area (Å²) in [6, 6.07) is 12.5. The van der Waals surface area contributed by atoms with Crippen molar-refractivity contribution in [2.24, 2.45) is 0 Å². The van der Waals surface area contributed by atoms with Gasteiger partial charge in [-0.2, -0.15) is 0 Å². The SMILES string of the molecule is Cl.O=C(CS(=O)(=O)c1ccccc1)N(CCCN1CCOCC1)c1nc2c(F)cccc2s1. The summed E-state index contributed by atoms with van der Waals surface area (Å²) in [5.74, 6) is -1.72. The Labute approximate surface area is 202 Å². The van der Waals surface area contributed by atoms with E-state index in [0.717, 1.165) is 19.6 Å². The van der Waals surface area contributed by atoms with E-state index >= 15 is 0 Å². The zero-order valence-corrected chi connectivity index (χ0v) is 20.3. The number of fused-ring (bicyclic) bond motifs is 1. The first kappa shape index (κ1) is 25.5. The minimum absolute atomic E-state index is 0. The molecule has 11 heteroatoms. The summed E-state index contributed by atoms with van der Waals surface area (Å²) in [5.41, 5.74) is 0.185. The summed E-state index contributed by atoms with van der Waals surface area (Å²) in [6.45, 7) is 4.04. The molecule has 4 rings (SSSR count). The molecule has 1 aliphatic heterocycles. The number of benzene rings is 2. The average Bonchev–Trinajstić information content (AvgIpc) is 3.23. The molecule has 0 saturated carbocycles. The second-order valence-corrected chi connectivity index (χ2v) is 10.5. The number of hydrogen-bond donors (Lipinski definition) is 0. The minimum Gasteiger partial charge on any atom is -0.379 e. The van der Waals surface area contributed by atoms with Gasteiger partial charge >= 0.3 is 0 Å². The van der Waals surface area contributed by atoms with Gasteiger partial charge in [-0.05, 0) is 30.7 Å². The fourth-order valence-electron chi connectivity index (χ4n) is 3.57. The number of thiazole rings is 1. The molecule has 0 radical (unpaired) electrons. The van der Waals surface area contributed by atoms with Gasteiger partial charge in [-0.15, -0.1) is 12.4 Å². The summed E-state index contributed by atoms with van der Waals surface area (Å²) >= 11 is 1.18. The van der Waals surface area contributed by atoms with Crippen LogP contribution in [0, 0.1) is 5.82 Å². The number of amides is 1. The number of para-hydroxylation sites is 1. The summed E-state index contributed by atoms with van der Waals surface area (Å²) in [5, 5.41) is 0.306. The van der Waals surface area contributed by atoms with Gasteiger partial charge in [-0.1, -0.05) is 35.6 Å². The van der Waals surface area contributed by atoms with E-state index in [-0.39, 0.29) is 22.8 Å². The van der Waals surface area contributed by atoms with Gasteiger partial charge in [-0.25, -0.2) is 17.8 Å². The van der Waals surface area contributed by atoms with E-state index in [0.29, 0.717) is 36.0 Å². The lowest BCUT2D eigenvalue weighted by Crippen LogP contribution is -2.40. The van der Waals surface area contributed by atoms with Crippen molar-refractivity contribution in [2.45, 2.75) is 11.3 Å². The molecule has 1 saturated heterocycles. The lowest BCUT2D eigenvalue weighted by atomic mass is 10.3. The molecule has 2 heterocycles. The maximum absolute atomic E-state index is 14.2. The molecule has 1 amide bonds. The maximum atomic E-state index is 14.2. The molecular weight excluding hydrogens is 489 g/mol. The molecular formula is C22H25ClFN3O4S2. The lowest BCUT2D eigenvalue weighted by Gasteiger charge is -2.27. The maximum Gasteiger partial charge on any atom is 0.244 e. The Morgan fingerprint density at radius 1 is 1.12 bits per heavy atom. The summed E-state index contributed by atoms with van der Waals surface area (Å²) < 4.78 is 45.7. The number of carbonyl (C=O) groups excluding carboxylic acids is 1. The molecule has 0 aliphatic carbocycles. The van der Waals surface area contributed by atoms with Crippen molar-refractivity contribution in [3.63, 3.8) is 0 Å². The van der Waals surface area contributed by atoms with E-state index < -0.39 is 27.3 Å². The molecule has 7 nitrogen and oxygen atoms in total. The number of sulfone groups is 1. The van der Waals surface area contributed by atoms with Crippen LogP contribution in [0.25, 0.3) is 10.2 Å². The third-order valence-electron chi connectivity index (χ3n) is 5.27. The molecule has 178 valence electrons. The normalized spacial score (nSPS) is 14.7. The summed E-state index contributed by atoms with van der Waals surface area (Å²) in [4.78, 5) is 21.2. The van der Waals surface area contributed by atoms with Gasteiger partial charge < -0.3 is 4.74 Å². The number of nitrogens with zero attached hydrogens (tertiary/aromatic N) is 3. The highest BCUT2D eigenvalue weighted by Crippen LogP contribution is 2.31. The second kappa shape index (κ2) is 11.3. The van der Waals surface area contributed by atoms with Gasteiger partial charge in [0.1, 0.15) is 17.1 Å². The molecule has 1 fully saturated rings. The standard InChI is InChI=1S/C22H24FN3O4S2.ClH/c23-18-8-4-9-19-21(18)24-22(31-19)26(11-5-10-25-12-14-30-15-13-25)20(27)16-32(28,29)17-6-2-1-3-7-17;/h1-4,6-9H,5,10-16H2;1H. The molecule has 0 N–H and O–H groups in total. The van der Waals surface area contributed by atoms with Gasteiger partial charge in [0.15, 0.2) is 15.0 Å². The van der Waals surface area contributed by atoms with Gasteiger partial charge in [0, 0.05) is 26.2 Å². The van der Waals surface area contributed by atoms with Crippen LogP contribution < -0.4 is 4.90 Å². The topological polar surface area (TPSA) is 79.8 Å². The van der Waals surface area contributed by atoms with Crippen LogP contribution in [-0.4, -0.2) is 69.4 Å². The highest BCUT2D eigenvalue weighted by atomic mass is 35.5. The van der Waals surface area contributed by atoms with Gasteiger partial charge in [0.25, 0.3) is 0 Å². The van der Waals surface area contributed by atoms with Gasteiger partial charge in [0.2, 0.25) is 5.91 Å². The van der Waals surface area contributed by atoms with Crippen LogP contribution in [0.5, 0.6) is 0 Å². The molecule has 0 atom stereocenters. The molecule has 0 unspecified atom stereocenters. The van der Waals surface area contributed by atoms with Crippen LogP contribution in [0.4, 0.5) is 9.52 Å². The van der Waals surface area contributed by atoms with Crippen LogP contribution in [0.2, 0.25) is 0 Å². The van der Waals surface area contributed by atoms with Crippen molar-refractivity contribution in [1.82, 2.24) is 9.88 Å². The number of aromatic nitrogens is 1. The van der Waals surface area contributed by atoms with Gasteiger partial charge in [-0.3, -0.25) is 14.6 Å². The van der Waals surface area contributed by atoms with Crippen LogP contribution in [0.1, 0.15) is 6.42 Å². The fourth-order valence-corrected chi connectivity index (χ4v) is 5.82. The zero-order valence-electron chi connectivity index (χ0n) is 17.9. The number of morpholine rings is 1. The van der Waals surface area contributed by atoms with E-state index in [1.165, 1.54) is 34.4 Å². The summed E-state index contributed by atoms with van der Waals surface area (Å²) in [6.07, 6.45) is 0.634. The first-order valence-electron chi connectivity index (χ1n) is 10.4. The number of halogens is 2. The molecule has 1 aliphatic rings. The number of hydrogen-bond acceptors (Lipinski definition) is 7. The quantitative estimate of drug-likeness (QED) is 0.459. The zero-order chi connectivity index (χ0) is 22.6. The summed E-state index contributed by atoms with van der Waals surface area (Å²) in [7, 11) is -3.81. The minimum atomic E-state index is -3.81.